The van der Waals surface area contributed by atoms with Gasteiger partial charge < -0.3 is 5.73 Å². The van der Waals surface area contributed by atoms with Crippen LogP contribution < -0.4 is 5.73 Å². The second kappa shape index (κ2) is 7.32. The first kappa shape index (κ1) is 14.0. The first-order chi connectivity index (χ1) is 8.15. The lowest BCUT2D eigenvalue weighted by Crippen LogP contribution is -2.20. The van der Waals surface area contributed by atoms with Crippen LogP contribution in [-0.2, 0) is 17.8 Å². The Morgan fingerprint density at radius 3 is 2.65 bits per heavy atom. The fourth-order valence-electron chi connectivity index (χ4n) is 1.72. The highest BCUT2D eigenvalue weighted by atomic mass is 32.1. The lowest BCUT2D eigenvalue weighted by atomic mass is 10.1. The molecule has 0 fully saturated rings. The first-order valence-electron chi connectivity index (χ1n) is 6.04. The third-order valence-corrected chi connectivity index (χ3v) is 2.96. The zero-order valence-corrected chi connectivity index (χ0v) is 11.1. The van der Waals surface area contributed by atoms with Crippen LogP contribution in [0.3, 0.4) is 0 Å². The molecule has 0 unspecified atom stereocenters. The van der Waals surface area contributed by atoms with E-state index < -0.39 is 5.91 Å². The summed E-state index contributed by atoms with van der Waals surface area (Å²) in [6.45, 7) is 2.30. The molecular weight excluding hydrogens is 236 g/mol. The number of primary amides is 1. The van der Waals surface area contributed by atoms with E-state index in [2.05, 4.69) is 29.7 Å². The number of unbranched alkanes of at least 4 members (excludes halogenated alkanes) is 4. The third-order valence-electron chi connectivity index (χ3n) is 2.63. The maximum Gasteiger partial charge on any atom is 0.237 e. The Hall–Kier alpha value is -1.04. The number of hydrogen-bond donors (Lipinski definition) is 2. The lowest BCUT2D eigenvalue weighted by molar-refractivity contribution is -0.118. The standard InChI is InChI=1S/C11H20N4OS/c1-2-3-4-5-6-7-10-13-14-11(17)15(10)8-9(12)16/h2-8H2,1H3,(H2,12,16)(H,14,17). The molecule has 0 bridgehead atoms. The summed E-state index contributed by atoms with van der Waals surface area (Å²) < 4.78 is 1.67. The van der Waals surface area contributed by atoms with Crippen LogP contribution in [0.5, 0.6) is 0 Å². The van der Waals surface area contributed by atoms with Crippen molar-refractivity contribution in [1.82, 2.24) is 14.8 Å². The first-order valence-corrected chi connectivity index (χ1v) is 6.49. The largest absolute Gasteiger partial charge is 0.368 e. The second-order valence-corrected chi connectivity index (χ2v) is 4.53. The summed E-state index contributed by atoms with van der Waals surface area (Å²) in [6.07, 6.45) is 6.81. The molecule has 0 saturated heterocycles. The van der Waals surface area contributed by atoms with E-state index in [0.29, 0.717) is 5.16 Å². The van der Waals surface area contributed by atoms with E-state index in [1.165, 1.54) is 25.7 Å². The van der Waals surface area contributed by atoms with Gasteiger partial charge in [-0.3, -0.25) is 9.36 Å². The molecule has 2 N–H and O–H groups in total. The molecular formula is C11H20N4OS. The molecule has 0 spiro atoms. The van der Waals surface area contributed by atoms with Crippen molar-refractivity contribution < 1.29 is 4.79 Å². The zero-order chi connectivity index (χ0) is 12.7. The van der Waals surface area contributed by atoms with Crippen molar-refractivity contribution in [3.8, 4) is 0 Å². The van der Waals surface area contributed by atoms with Crippen molar-refractivity contribution in [2.45, 2.75) is 57.1 Å². The predicted molar refractivity (Wildman–Crippen MR) is 68.9 cm³/mol. The summed E-state index contributed by atoms with van der Waals surface area (Å²) >= 11 is 4.15. The van der Waals surface area contributed by atoms with Crippen molar-refractivity contribution in [3.63, 3.8) is 0 Å². The van der Waals surface area contributed by atoms with Crippen LogP contribution in [0.4, 0.5) is 0 Å². The number of nitrogens with two attached hydrogens (primary N) is 1. The van der Waals surface area contributed by atoms with Crippen molar-refractivity contribution in [2.24, 2.45) is 5.73 Å². The number of carbonyl (C=O) groups excluding carboxylic acids is 1. The molecule has 1 aromatic heterocycles. The van der Waals surface area contributed by atoms with Crippen molar-refractivity contribution in [2.75, 3.05) is 0 Å². The van der Waals surface area contributed by atoms with Gasteiger partial charge in [0.1, 0.15) is 12.4 Å². The molecule has 96 valence electrons. The molecule has 0 radical (unpaired) electrons. The van der Waals surface area contributed by atoms with Crippen LogP contribution >= 0.6 is 12.6 Å². The molecule has 5 nitrogen and oxygen atoms in total. The lowest BCUT2D eigenvalue weighted by Gasteiger charge is -2.05. The molecule has 17 heavy (non-hydrogen) atoms. The van der Waals surface area contributed by atoms with Gasteiger partial charge in [0.15, 0.2) is 5.16 Å². The Balaban J connectivity index is 2.44. The predicted octanol–water partition coefficient (Wildman–Crippen LogP) is 1.56. The number of hydrogen-bond acceptors (Lipinski definition) is 4. The Labute approximate surface area is 107 Å². The monoisotopic (exact) mass is 256 g/mol. The van der Waals surface area contributed by atoms with Gasteiger partial charge in [0.05, 0.1) is 0 Å². The van der Waals surface area contributed by atoms with E-state index in [0.717, 1.165) is 18.7 Å². The molecule has 6 heteroatoms. The van der Waals surface area contributed by atoms with Gasteiger partial charge in [-0.25, -0.2) is 0 Å². The summed E-state index contributed by atoms with van der Waals surface area (Å²) in [7, 11) is 0. The number of thiol groups is 1. The zero-order valence-electron chi connectivity index (χ0n) is 10.2. The molecule has 1 rings (SSSR count). The highest BCUT2D eigenvalue weighted by Crippen LogP contribution is 2.11. The van der Waals surface area contributed by atoms with Gasteiger partial charge >= 0.3 is 0 Å². The van der Waals surface area contributed by atoms with E-state index in [-0.39, 0.29) is 6.54 Å². The highest BCUT2D eigenvalue weighted by molar-refractivity contribution is 7.80. The maximum absolute atomic E-state index is 10.9. The fraction of sp³-hybridized carbons (Fsp3) is 0.727. The van der Waals surface area contributed by atoms with Gasteiger partial charge in [-0.2, -0.15) is 0 Å². The molecule has 1 amide bonds. The molecule has 0 atom stereocenters. The van der Waals surface area contributed by atoms with Gasteiger partial charge in [0, 0.05) is 6.42 Å². The summed E-state index contributed by atoms with van der Waals surface area (Å²) in [5.74, 6) is 0.401. The number of aromatic nitrogens is 3. The number of rotatable bonds is 8. The van der Waals surface area contributed by atoms with Crippen LogP contribution in [0.25, 0.3) is 0 Å². The van der Waals surface area contributed by atoms with Crippen LogP contribution in [0, 0.1) is 0 Å². The second-order valence-electron chi connectivity index (χ2n) is 4.13. The van der Waals surface area contributed by atoms with Crippen molar-refractivity contribution in [3.05, 3.63) is 5.82 Å². The van der Waals surface area contributed by atoms with E-state index in [1.54, 1.807) is 4.57 Å². The van der Waals surface area contributed by atoms with Gasteiger partial charge in [-0.15, -0.1) is 22.8 Å². The Kier molecular flexibility index (Phi) is 6.04. The third kappa shape index (κ3) is 4.77. The fourth-order valence-corrected chi connectivity index (χ4v) is 1.95. The number of amides is 1. The summed E-state index contributed by atoms with van der Waals surface area (Å²) in [4.78, 5) is 10.9. The Morgan fingerprint density at radius 1 is 1.29 bits per heavy atom. The molecule has 1 aromatic rings. The minimum Gasteiger partial charge on any atom is -0.368 e. The van der Waals surface area contributed by atoms with E-state index >= 15 is 0 Å². The van der Waals surface area contributed by atoms with Crippen molar-refractivity contribution in [1.29, 1.82) is 0 Å². The van der Waals surface area contributed by atoms with E-state index in [1.807, 2.05) is 0 Å². The van der Waals surface area contributed by atoms with E-state index in [9.17, 15) is 4.79 Å². The van der Waals surface area contributed by atoms with Crippen LogP contribution in [0.1, 0.15) is 44.9 Å². The minimum atomic E-state index is -0.396. The smallest absolute Gasteiger partial charge is 0.237 e. The van der Waals surface area contributed by atoms with Gasteiger partial charge in [-0.05, 0) is 6.42 Å². The average molecular weight is 256 g/mol. The number of aryl methyl sites for hydroxylation is 1. The van der Waals surface area contributed by atoms with Gasteiger partial charge in [0.2, 0.25) is 5.91 Å². The molecule has 0 aromatic carbocycles. The molecule has 0 aliphatic heterocycles. The Bertz CT molecular complexity index is 364. The summed E-state index contributed by atoms with van der Waals surface area (Å²) in [5.41, 5.74) is 5.17. The SMILES string of the molecule is CCCCCCCc1nnc(S)n1CC(N)=O. The average Bonchev–Trinajstić information content (AvgIpc) is 2.60. The molecule has 0 aliphatic carbocycles. The number of carbonyl (C=O) groups is 1. The van der Waals surface area contributed by atoms with Gasteiger partial charge in [-0.1, -0.05) is 32.6 Å². The molecule has 0 aliphatic rings. The summed E-state index contributed by atoms with van der Waals surface area (Å²) in [6, 6.07) is 0. The van der Waals surface area contributed by atoms with Crippen LogP contribution in [0.15, 0.2) is 5.16 Å². The van der Waals surface area contributed by atoms with Crippen LogP contribution in [0.2, 0.25) is 0 Å². The maximum atomic E-state index is 10.9. The summed E-state index contributed by atoms with van der Waals surface area (Å²) in [5, 5.41) is 8.32. The normalized spacial score (nSPS) is 10.7. The molecule has 0 saturated carbocycles. The highest BCUT2D eigenvalue weighted by Gasteiger charge is 2.10. The van der Waals surface area contributed by atoms with Gasteiger partial charge in [0.25, 0.3) is 0 Å². The van der Waals surface area contributed by atoms with Crippen molar-refractivity contribution >= 4 is 18.5 Å². The molecule has 1 heterocycles. The number of nitrogens with zero attached hydrogens (tertiary/aromatic N) is 3. The van der Waals surface area contributed by atoms with E-state index in [4.69, 9.17) is 5.73 Å². The minimum absolute atomic E-state index is 0.107. The Morgan fingerprint density at radius 2 is 2.00 bits per heavy atom. The van der Waals surface area contributed by atoms with Crippen LogP contribution in [-0.4, -0.2) is 20.7 Å². The quantitative estimate of drug-likeness (QED) is 0.547. The topological polar surface area (TPSA) is 73.8 Å².